The van der Waals surface area contributed by atoms with Crippen LogP contribution in [0.1, 0.15) is 38.7 Å². The number of hydrogen-bond donors (Lipinski definition) is 1. The second-order valence-electron chi connectivity index (χ2n) is 8.06. The van der Waals surface area contributed by atoms with Gasteiger partial charge in [-0.15, -0.1) is 0 Å². The third-order valence-corrected chi connectivity index (χ3v) is 6.41. The first-order valence-electron chi connectivity index (χ1n) is 11.6. The third-order valence-electron chi connectivity index (χ3n) is 5.71. The molecule has 0 saturated heterocycles. The molecular weight excluding hydrogens is 471 g/mol. The van der Waals surface area contributed by atoms with E-state index < -0.39 is 6.04 Å². The van der Waals surface area contributed by atoms with Crippen LogP contribution in [0.3, 0.4) is 0 Å². The number of carbonyl (C=O) groups is 2. The van der Waals surface area contributed by atoms with E-state index in [-0.39, 0.29) is 25.0 Å². The molecule has 0 aliphatic heterocycles. The Labute approximate surface area is 211 Å². The van der Waals surface area contributed by atoms with Gasteiger partial charge in [-0.25, -0.2) is 0 Å². The van der Waals surface area contributed by atoms with Gasteiger partial charge in [0.15, 0.2) is 6.61 Å². The lowest BCUT2D eigenvalue weighted by molar-refractivity contribution is -0.142. The topological polar surface area (TPSA) is 58.6 Å². The zero-order valence-electron chi connectivity index (χ0n) is 19.5. The summed E-state index contributed by atoms with van der Waals surface area (Å²) in [6.45, 7) is 4.39. The number of nitrogens with one attached hydrogen (secondary N) is 1. The maximum Gasteiger partial charge on any atom is 0.261 e. The Hall–Kier alpha value is -2.76. The number of rotatable bonds is 11. The van der Waals surface area contributed by atoms with Crippen LogP contribution in [0.4, 0.5) is 0 Å². The molecule has 0 bridgehead atoms. The van der Waals surface area contributed by atoms with Crippen LogP contribution in [0.15, 0.2) is 60.7 Å². The van der Waals surface area contributed by atoms with Crippen LogP contribution in [0.25, 0.3) is 10.8 Å². The van der Waals surface area contributed by atoms with E-state index in [1.807, 2.05) is 49.4 Å². The minimum Gasteiger partial charge on any atom is -0.483 e. The van der Waals surface area contributed by atoms with Gasteiger partial charge in [0.05, 0.1) is 0 Å². The fourth-order valence-electron chi connectivity index (χ4n) is 3.82. The maximum absolute atomic E-state index is 13.4. The van der Waals surface area contributed by atoms with Crippen molar-refractivity contribution in [3.8, 4) is 5.75 Å². The fraction of sp³-hybridized carbons (Fsp3) is 0.333. The second kappa shape index (κ2) is 12.6. The van der Waals surface area contributed by atoms with E-state index in [1.165, 1.54) is 4.90 Å². The van der Waals surface area contributed by atoms with Gasteiger partial charge in [-0.2, -0.15) is 0 Å². The summed E-state index contributed by atoms with van der Waals surface area (Å²) in [6.07, 6.45) is 2.28. The number of ether oxygens (including phenoxy) is 1. The number of hydrogen-bond acceptors (Lipinski definition) is 3. The van der Waals surface area contributed by atoms with Gasteiger partial charge in [0.1, 0.15) is 11.8 Å². The average Bonchev–Trinajstić information content (AvgIpc) is 2.84. The summed E-state index contributed by atoms with van der Waals surface area (Å²) in [4.78, 5) is 28.0. The molecule has 0 radical (unpaired) electrons. The first kappa shape index (κ1) is 25.9. The van der Waals surface area contributed by atoms with Crippen LogP contribution in [0, 0.1) is 0 Å². The minimum absolute atomic E-state index is 0.107. The normalized spacial score (nSPS) is 11.8. The van der Waals surface area contributed by atoms with Crippen LogP contribution < -0.4 is 10.1 Å². The monoisotopic (exact) mass is 500 g/mol. The van der Waals surface area contributed by atoms with Gasteiger partial charge < -0.3 is 15.0 Å². The zero-order chi connectivity index (χ0) is 24.5. The summed E-state index contributed by atoms with van der Waals surface area (Å²) in [7, 11) is 0. The molecule has 0 fully saturated rings. The standard InChI is InChI=1S/C27H30Cl2N2O3/c1-3-5-16-30-27(33)24(4-2)31(17-21-22(28)13-9-14-23(21)29)26(32)18-34-25-15-8-11-19-10-6-7-12-20(19)25/h6-15,24H,3-5,16-18H2,1-2H3,(H,30,33). The van der Waals surface area contributed by atoms with Gasteiger partial charge in [-0.3, -0.25) is 9.59 Å². The third kappa shape index (κ3) is 6.43. The number of nitrogens with zero attached hydrogens (tertiary/aromatic N) is 1. The smallest absolute Gasteiger partial charge is 0.261 e. The second-order valence-corrected chi connectivity index (χ2v) is 8.87. The fourth-order valence-corrected chi connectivity index (χ4v) is 4.34. The SMILES string of the molecule is CCCCNC(=O)C(CC)N(Cc1c(Cl)cccc1Cl)C(=O)COc1cccc2ccccc12. The average molecular weight is 501 g/mol. The minimum atomic E-state index is -0.673. The van der Waals surface area contributed by atoms with Crippen molar-refractivity contribution in [2.45, 2.75) is 45.7 Å². The molecule has 3 aromatic rings. The Balaban J connectivity index is 1.85. The molecule has 0 aliphatic carbocycles. The van der Waals surface area contributed by atoms with Crippen molar-refractivity contribution in [3.05, 3.63) is 76.3 Å². The van der Waals surface area contributed by atoms with E-state index in [2.05, 4.69) is 12.2 Å². The van der Waals surface area contributed by atoms with Crippen molar-refractivity contribution >= 4 is 45.8 Å². The number of unbranched alkanes of at least 4 members (excludes halogenated alkanes) is 1. The predicted octanol–water partition coefficient (Wildman–Crippen LogP) is 6.25. The van der Waals surface area contributed by atoms with Crippen molar-refractivity contribution in [1.82, 2.24) is 10.2 Å². The Morgan fingerprint density at radius 3 is 2.35 bits per heavy atom. The van der Waals surface area contributed by atoms with Crippen molar-refractivity contribution in [1.29, 1.82) is 0 Å². The highest BCUT2D eigenvalue weighted by Gasteiger charge is 2.30. The summed E-state index contributed by atoms with van der Waals surface area (Å²) in [5, 5.41) is 5.78. The Kier molecular flexibility index (Phi) is 9.61. The van der Waals surface area contributed by atoms with Gasteiger partial charge in [0.25, 0.3) is 5.91 Å². The maximum atomic E-state index is 13.4. The lowest BCUT2D eigenvalue weighted by Crippen LogP contribution is -2.50. The number of carbonyl (C=O) groups excluding carboxylic acids is 2. The van der Waals surface area contributed by atoms with E-state index in [4.69, 9.17) is 27.9 Å². The van der Waals surface area contributed by atoms with Gasteiger partial charge in [0.2, 0.25) is 5.91 Å². The van der Waals surface area contributed by atoms with E-state index in [0.29, 0.717) is 34.3 Å². The lowest BCUT2D eigenvalue weighted by atomic mass is 10.1. The first-order chi connectivity index (χ1) is 16.5. The molecule has 1 N–H and O–H groups in total. The van der Waals surface area contributed by atoms with Crippen molar-refractivity contribution < 1.29 is 14.3 Å². The molecule has 0 heterocycles. The molecule has 3 rings (SSSR count). The summed E-state index contributed by atoms with van der Waals surface area (Å²) in [5.74, 6) is 0.0988. The van der Waals surface area contributed by atoms with Crippen molar-refractivity contribution in [2.75, 3.05) is 13.2 Å². The number of fused-ring (bicyclic) bond motifs is 1. The molecular formula is C27H30Cl2N2O3. The van der Waals surface area contributed by atoms with Gasteiger partial charge in [0, 0.05) is 34.1 Å². The van der Waals surface area contributed by atoms with Gasteiger partial charge in [-0.05, 0) is 36.4 Å². The molecule has 3 aromatic carbocycles. The molecule has 5 nitrogen and oxygen atoms in total. The van der Waals surface area contributed by atoms with E-state index in [1.54, 1.807) is 18.2 Å². The highest BCUT2D eigenvalue weighted by Crippen LogP contribution is 2.28. The summed E-state index contributed by atoms with van der Waals surface area (Å²) >= 11 is 12.8. The van der Waals surface area contributed by atoms with Crippen LogP contribution in [-0.2, 0) is 16.1 Å². The van der Waals surface area contributed by atoms with Crippen molar-refractivity contribution in [2.24, 2.45) is 0 Å². The molecule has 0 spiro atoms. The van der Waals surface area contributed by atoms with Crippen LogP contribution >= 0.6 is 23.2 Å². The zero-order valence-corrected chi connectivity index (χ0v) is 21.0. The number of amides is 2. The summed E-state index contributed by atoms with van der Waals surface area (Å²) in [5.41, 5.74) is 0.601. The molecule has 7 heteroatoms. The lowest BCUT2D eigenvalue weighted by Gasteiger charge is -2.31. The largest absolute Gasteiger partial charge is 0.483 e. The highest BCUT2D eigenvalue weighted by atomic mass is 35.5. The van der Waals surface area contributed by atoms with Crippen molar-refractivity contribution in [3.63, 3.8) is 0 Å². The summed E-state index contributed by atoms with van der Waals surface area (Å²) < 4.78 is 5.94. The van der Waals surface area contributed by atoms with Crippen LogP contribution in [0.5, 0.6) is 5.75 Å². The molecule has 1 unspecified atom stereocenters. The van der Waals surface area contributed by atoms with E-state index in [0.717, 1.165) is 23.6 Å². The molecule has 0 aromatic heterocycles. The Morgan fingerprint density at radius 1 is 0.971 bits per heavy atom. The molecule has 34 heavy (non-hydrogen) atoms. The highest BCUT2D eigenvalue weighted by molar-refractivity contribution is 6.36. The Bertz CT molecular complexity index is 1110. The van der Waals surface area contributed by atoms with E-state index in [9.17, 15) is 9.59 Å². The quantitative estimate of drug-likeness (QED) is 0.316. The predicted molar refractivity (Wildman–Crippen MR) is 138 cm³/mol. The molecule has 2 amide bonds. The van der Waals surface area contributed by atoms with E-state index >= 15 is 0 Å². The van der Waals surface area contributed by atoms with Crippen LogP contribution in [-0.4, -0.2) is 35.9 Å². The van der Waals surface area contributed by atoms with Gasteiger partial charge in [-0.1, -0.05) is 85.9 Å². The molecule has 180 valence electrons. The number of benzene rings is 3. The van der Waals surface area contributed by atoms with Gasteiger partial charge >= 0.3 is 0 Å². The molecule has 1 atom stereocenters. The van der Waals surface area contributed by atoms with Crippen LogP contribution in [0.2, 0.25) is 10.0 Å². The number of halogens is 2. The summed E-state index contributed by atoms with van der Waals surface area (Å²) in [6, 6.07) is 18.1. The Morgan fingerprint density at radius 2 is 1.65 bits per heavy atom. The molecule has 0 saturated carbocycles. The first-order valence-corrected chi connectivity index (χ1v) is 12.3. The molecule has 0 aliphatic rings.